The second kappa shape index (κ2) is 40.4. The van der Waals surface area contributed by atoms with E-state index in [4.69, 9.17) is 28.4 Å². The molecule has 3 aliphatic heterocycles. The van der Waals surface area contributed by atoms with Crippen LogP contribution in [0.15, 0.2) is 24.3 Å². The molecule has 3 rings (SSSR count). The third-order valence-electron chi connectivity index (χ3n) is 14.8. The summed E-state index contributed by atoms with van der Waals surface area (Å²) in [7, 11) is 0. The summed E-state index contributed by atoms with van der Waals surface area (Å²) in [6.07, 6.45) is 13.1. The Balaban J connectivity index is 1.53. The number of rotatable bonds is 42. The van der Waals surface area contributed by atoms with Crippen molar-refractivity contribution in [3.05, 3.63) is 24.3 Å². The van der Waals surface area contributed by atoms with Crippen molar-refractivity contribution in [3.63, 3.8) is 0 Å². The van der Waals surface area contributed by atoms with E-state index in [-0.39, 0.29) is 18.9 Å². The van der Waals surface area contributed by atoms with Crippen LogP contribution in [-0.2, 0) is 33.2 Å². The minimum absolute atomic E-state index is 0.240. The molecule has 0 radical (unpaired) electrons. The van der Waals surface area contributed by atoms with Crippen molar-refractivity contribution in [2.75, 3.05) is 26.4 Å². The fraction of sp³-hybridized carbons (Fsp3) is 0.911. The molecule has 75 heavy (non-hydrogen) atoms. The summed E-state index contributed by atoms with van der Waals surface area (Å²) >= 11 is 0. The number of nitrogens with one attached hydrogen (secondary N) is 1. The molecule has 0 spiro atoms. The number of hydrogen-bond donors (Lipinski definition) is 12. The first-order chi connectivity index (χ1) is 36.3. The first-order valence-corrected chi connectivity index (χ1v) is 29.1. The molecule has 440 valence electrons. The molecule has 0 saturated carbocycles. The Kier molecular flexibility index (Phi) is 36.4. The lowest BCUT2D eigenvalue weighted by molar-refractivity contribution is -0.379. The van der Waals surface area contributed by atoms with E-state index >= 15 is 0 Å². The zero-order valence-corrected chi connectivity index (χ0v) is 45.5. The number of allylic oxidation sites excluding steroid dienone is 3. The van der Waals surface area contributed by atoms with Gasteiger partial charge in [0.25, 0.3) is 0 Å². The van der Waals surface area contributed by atoms with Gasteiger partial charge in [-0.25, -0.2) is 0 Å². The Labute approximate surface area is 448 Å². The normalized spacial score (nSPS) is 31.3. The van der Waals surface area contributed by atoms with Gasteiger partial charge in [-0.2, -0.15) is 0 Å². The van der Waals surface area contributed by atoms with E-state index in [1.807, 2.05) is 6.08 Å². The van der Waals surface area contributed by atoms with Gasteiger partial charge in [-0.3, -0.25) is 4.79 Å². The van der Waals surface area contributed by atoms with Crippen LogP contribution in [0.1, 0.15) is 194 Å². The van der Waals surface area contributed by atoms with E-state index < -0.39 is 124 Å². The quantitative estimate of drug-likeness (QED) is 0.0298. The van der Waals surface area contributed by atoms with Crippen LogP contribution >= 0.6 is 0 Å². The predicted octanol–water partition coefficient (Wildman–Crippen LogP) is 4.37. The Morgan fingerprint density at radius 2 is 0.853 bits per heavy atom. The first kappa shape index (κ1) is 67.5. The van der Waals surface area contributed by atoms with Crippen molar-refractivity contribution in [1.29, 1.82) is 0 Å². The van der Waals surface area contributed by atoms with Crippen LogP contribution in [0.25, 0.3) is 0 Å². The molecule has 3 heterocycles. The lowest BCUT2D eigenvalue weighted by Gasteiger charge is -2.48. The zero-order valence-electron chi connectivity index (χ0n) is 45.5. The molecule has 0 aromatic carbocycles. The highest BCUT2D eigenvalue weighted by Gasteiger charge is 2.53. The smallest absolute Gasteiger partial charge is 0.220 e. The van der Waals surface area contributed by atoms with Crippen LogP contribution in [0.4, 0.5) is 0 Å². The average molecular weight is 1080 g/mol. The highest BCUT2D eigenvalue weighted by Crippen LogP contribution is 2.33. The molecule has 3 fully saturated rings. The number of amides is 1. The van der Waals surface area contributed by atoms with Crippen LogP contribution < -0.4 is 5.32 Å². The van der Waals surface area contributed by atoms with Crippen LogP contribution in [0, 0.1) is 0 Å². The van der Waals surface area contributed by atoms with Crippen molar-refractivity contribution in [1.82, 2.24) is 5.32 Å². The minimum Gasteiger partial charge on any atom is -0.394 e. The van der Waals surface area contributed by atoms with Crippen LogP contribution in [0.3, 0.4) is 0 Å². The fourth-order valence-electron chi connectivity index (χ4n) is 9.91. The predicted molar refractivity (Wildman–Crippen MR) is 282 cm³/mol. The van der Waals surface area contributed by atoms with Crippen LogP contribution in [0.5, 0.6) is 0 Å². The summed E-state index contributed by atoms with van der Waals surface area (Å²) < 4.78 is 34.2. The number of carbonyl (C=O) groups is 1. The second-order valence-electron chi connectivity index (χ2n) is 21.1. The number of unbranched alkanes of at least 4 members (excludes halogenated alkanes) is 24. The summed E-state index contributed by atoms with van der Waals surface area (Å²) in [6, 6.07) is -0.984. The van der Waals surface area contributed by atoms with Gasteiger partial charge < -0.3 is 89.9 Å². The average Bonchev–Trinajstić information content (AvgIpc) is 3.41. The lowest BCUT2D eigenvalue weighted by atomic mass is 9.96. The van der Waals surface area contributed by atoms with Gasteiger partial charge in [0.2, 0.25) is 5.91 Å². The maximum absolute atomic E-state index is 13.3. The van der Waals surface area contributed by atoms with E-state index in [1.54, 1.807) is 6.08 Å². The molecule has 12 N–H and O–H groups in total. The number of ether oxygens (including phenoxy) is 6. The number of aliphatic hydroxyl groups excluding tert-OH is 11. The van der Waals surface area contributed by atoms with Gasteiger partial charge >= 0.3 is 0 Å². The molecule has 17 unspecified atom stereocenters. The molecule has 3 saturated heterocycles. The fourth-order valence-corrected chi connectivity index (χ4v) is 9.91. The maximum atomic E-state index is 13.3. The molecule has 19 nitrogen and oxygen atoms in total. The summed E-state index contributed by atoms with van der Waals surface area (Å²) in [5.41, 5.74) is 0. The van der Waals surface area contributed by atoms with Crippen molar-refractivity contribution < 1.29 is 89.4 Å². The molecule has 0 aliphatic carbocycles. The highest BCUT2D eigenvalue weighted by molar-refractivity contribution is 5.76. The summed E-state index contributed by atoms with van der Waals surface area (Å²) in [5.74, 6) is -0.285. The Morgan fingerprint density at radius 3 is 1.33 bits per heavy atom. The Bertz CT molecular complexity index is 1480. The van der Waals surface area contributed by atoms with Crippen LogP contribution in [0.2, 0.25) is 0 Å². The van der Waals surface area contributed by atoms with Crippen molar-refractivity contribution in [2.45, 2.75) is 298 Å². The standard InChI is InChI=1S/C56H103NO18/c1-3-5-7-9-11-13-15-17-19-20-22-24-26-28-30-32-34-44(62)57-39(40(61)33-31-29-27-25-23-21-18-16-14-12-10-8-6-4-2)38-70-54-50(68)47(65)52(42(36-59)72-54)75-56-51(69)48(66)53(43(37-60)73-56)74-55-49(67)46(64)45(63)41(35-58)71-55/h23,25,31,33,39-43,45-56,58-61,63-69H,3-22,24,26-30,32,34-38H2,1-2H3,(H,57,62)/b25-23+,33-31+. The Morgan fingerprint density at radius 1 is 0.467 bits per heavy atom. The molecular weight excluding hydrogens is 975 g/mol. The second-order valence-corrected chi connectivity index (χ2v) is 21.1. The van der Waals surface area contributed by atoms with Gasteiger partial charge in [0.1, 0.15) is 73.2 Å². The van der Waals surface area contributed by atoms with Crippen molar-refractivity contribution in [3.8, 4) is 0 Å². The highest BCUT2D eigenvalue weighted by atomic mass is 16.8. The third kappa shape index (κ3) is 25.1. The lowest BCUT2D eigenvalue weighted by Crippen LogP contribution is -2.66. The van der Waals surface area contributed by atoms with E-state index in [0.29, 0.717) is 12.8 Å². The summed E-state index contributed by atoms with van der Waals surface area (Å²) in [6.45, 7) is 1.69. The molecule has 17 atom stereocenters. The van der Waals surface area contributed by atoms with E-state index in [0.717, 1.165) is 38.5 Å². The summed E-state index contributed by atoms with van der Waals surface area (Å²) in [4.78, 5) is 13.3. The van der Waals surface area contributed by atoms with Gasteiger partial charge in [0, 0.05) is 6.42 Å². The van der Waals surface area contributed by atoms with E-state index in [1.165, 1.54) is 122 Å². The van der Waals surface area contributed by atoms with Gasteiger partial charge in [0.15, 0.2) is 18.9 Å². The monoisotopic (exact) mass is 1080 g/mol. The molecule has 19 heteroatoms. The third-order valence-corrected chi connectivity index (χ3v) is 14.8. The summed E-state index contributed by atoms with van der Waals surface area (Å²) in [5, 5.41) is 120. The van der Waals surface area contributed by atoms with Gasteiger partial charge in [-0.1, -0.05) is 179 Å². The molecule has 0 aromatic heterocycles. The van der Waals surface area contributed by atoms with E-state index in [9.17, 15) is 61.0 Å². The van der Waals surface area contributed by atoms with Gasteiger partial charge in [-0.15, -0.1) is 0 Å². The van der Waals surface area contributed by atoms with E-state index in [2.05, 4.69) is 31.3 Å². The maximum Gasteiger partial charge on any atom is 0.220 e. The largest absolute Gasteiger partial charge is 0.394 e. The SMILES string of the molecule is CCCCCCCCCC/C=C/CC/C=C/C(O)C(COC1OC(CO)C(OC2OC(CO)C(OC3OC(CO)C(O)C(O)C3O)C(O)C2O)C(O)C1O)NC(=O)CCCCCCCCCCCCCCCCCC. The number of carbonyl (C=O) groups excluding carboxylic acids is 1. The van der Waals surface area contributed by atoms with Crippen LogP contribution in [-0.4, -0.2) is 193 Å². The van der Waals surface area contributed by atoms with Crippen molar-refractivity contribution in [2.24, 2.45) is 0 Å². The minimum atomic E-state index is -1.98. The molecule has 0 bridgehead atoms. The Hall–Kier alpha value is -1.73. The number of hydrogen-bond acceptors (Lipinski definition) is 18. The first-order valence-electron chi connectivity index (χ1n) is 29.1. The molecule has 1 amide bonds. The molecule has 3 aliphatic rings. The topological polar surface area (TPSA) is 307 Å². The van der Waals surface area contributed by atoms with Crippen molar-refractivity contribution >= 4 is 5.91 Å². The zero-order chi connectivity index (χ0) is 54.8. The van der Waals surface area contributed by atoms with Gasteiger partial charge in [0.05, 0.1) is 38.6 Å². The van der Waals surface area contributed by atoms with Gasteiger partial charge in [-0.05, 0) is 32.1 Å². The molecular formula is C56H103NO18. The number of aliphatic hydroxyl groups is 11. The molecule has 0 aromatic rings.